The minimum absolute atomic E-state index is 0.117. The highest BCUT2D eigenvalue weighted by Gasteiger charge is 2.19. The first-order valence-electron chi connectivity index (χ1n) is 4.95. The number of phenols is 1. The first-order valence-corrected chi connectivity index (χ1v) is 5.33. The monoisotopic (exact) mass is 259 g/mol. The molecule has 0 aliphatic heterocycles. The Labute approximate surface area is 104 Å². The van der Waals surface area contributed by atoms with Crippen LogP contribution in [0.5, 0.6) is 11.5 Å². The van der Waals surface area contributed by atoms with Crippen molar-refractivity contribution in [2.24, 2.45) is 0 Å². The number of carboxylic acids is 1. The Morgan fingerprint density at radius 3 is 2.71 bits per heavy atom. The van der Waals surface area contributed by atoms with E-state index in [0.29, 0.717) is 5.56 Å². The maximum atomic E-state index is 10.9. The van der Waals surface area contributed by atoms with Crippen LogP contribution in [-0.4, -0.2) is 36.4 Å². The van der Waals surface area contributed by atoms with Crippen LogP contribution in [0.15, 0.2) is 12.1 Å². The summed E-state index contributed by atoms with van der Waals surface area (Å²) in [5, 5.41) is 21.4. The van der Waals surface area contributed by atoms with Crippen LogP contribution in [0.3, 0.4) is 0 Å². The van der Waals surface area contributed by atoms with E-state index in [9.17, 15) is 9.90 Å². The summed E-state index contributed by atoms with van der Waals surface area (Å²) >= 11 is 5.93. The number of ether oxygens (including phenoxy) is 1. The number of benzene rings is 1. The molecule has 1 aromatic carbocycles. The number of methoxy groups -OCH3 is 1. The standard InChI is InChI=1S/C11H14ClNO4/c1-13-7(11(15)16)5-6-3-4-8(17-2)10(14)9(6)12/h3-4,7,13-14H,5H2,1-2H3,(H,15,16)/t7-/m1/s1. The predicted molar refractivity (Wildman–Crippen MR) is 63.9 cm³/mol. The summed E-state index contributed by atoms with van der Waals surface area (Å²) in [6, 6.07) is 2.43. The largest absolute Gasteiger partial charge is 0.503 e. The summed E-state index contributed by atoms with van der Waals surface area (Å²) < 4.78 is 4.89. The fraction of sp³-hybridized carbons (Fsp3) is 0.364. The Bertz CT molecular complexity index is 422. The highest BCUT2D eigenvalue weighted by molar-refractivity contribution is 6.33. The molecule has 17 heavy (non-hydrogen) atoms. The van der Waals surface area contributed by atoms with Crippen LogP contribution in [0, 0.1) is 0 Å². The average Bonchev–Trinajstić information content (AvgIpc) is 2.30. The van der Waals surface area contributed by atoms with Crippen LogP contribution in [0.25, 0.3) is 0 Å². The average molecular weight is 260 g/mol. The quantitative estimate of drug-likeness (QED) is 0.742. The van der Waals surface area contributed by atoms with Gasteiger partial charge in [-0.15, -0.1) is 0 Å². The Balaban J connectivity index is 3.00. The third-order valence-corrected chi connectivity index (χ3v) is 2.87. The van der Waals surface area contributed by atoms with Gasteiger partial charge < -0.3 is 20.3 Å². The molecule has 6 heteroatoms. The number of halogens is 1. The highest BCUT2D eigenvalue weighted by Crippen LogP contribution is 2.36. The van der Waals surface area contributed by atoms with Crippen LogP contribution >= 0.6 is 11.6 Å². The number of aliphatic carboxylic acids is 1. The number of hydrogen-bond donors (Lipinski definition) is 3. The van der Waals surface area contributed by atoms with Crippen molar-refractivity contribution in [1.29, 1.82) is 0 Å². The normalized spacial score (nSPS) is 12.2. The van der Waals surface area contributed by atoms with Crippen molar-refractivity contribution in [2.45, 2.75) is 12.5 Å². The third kappa shape index (κ3) is 3.01. The van der Waals surface area contributed by atoms with Gasteiger partial charge in [0.1, 0.15) is 6.04 Å². The second-order valence-corrected chi connectivity index (χ2v) is 3.85. The van der Waals surface area contributed by atoms with Gasteiger partial charge in [-0.1, -0.05) is 17.7 Å². The zero-order valence-corrected chi connectivity index (χ0v) is 10.3. The van der Waals surface area contributed by atoms with E-state index in [-0.39, 0.29) is 22.9 Å². The van der Waals surface area contributed by atoms with Gasteiger partial charge in [0.2, 0.25) is 0 Å². The van der Waals surface area contributed by atoms with E-state index in [1.165, 1.54) is 7.11 Å². The minimum atomic E-state index is -0.973. The number of aromatic hydroxyl groups is 1. The first-order chi connectivity index (χ1) is 8.01. The van der Waals surface area contributed by atoms with Gasteiger partial charge in [-0.2, -0.15) is 0 Å². The summed E-state index contributed by atoms with van der Waals surface area (Å²) in [5.74, 6) is -0.888. The van der Waals surface area contributed by atoms with Gasteiger partial charge in [-0.3, -0.25) is 4.79 Å². The van der Waals surface area contributed by atoms with Crippen LogP contribution in [0.1, 0.15) is 5.56 Å². The lowest BCUT2D eigenvalue weighted by molar-refractivity contribution is -0.139. The molecule has 0 heterocycles. The summed E-state index contributed by atoms with van der Waals surface area (Å²) in [6.45, 7) is 0. The molecule has 0 radical (unpaired) electrons. The van der Waals surface area contributed by atoms with E-state index < -0.39 is 12.0 Å². The van der Waals surface area contributed by atoms with Crippen molar-refractivity contribution in [3.63, 3.8) is 0 Å². The van der Waals surface area contributed by atoms with Gasteiger partial charge in [0.25, 0.3) is 0 Å². The molecule has 0 saturated heterocycles. The first kappa shape index (κ1) is 13.6. The second-order valence-electron chi connectivity index (χ2n) is 3.47. The fourth-order valence-electron chi connectivity index (χ4n) is 1.44. The van der Waals surface area contributed by atoms with Gasteiger partial charge in [-0.25, -0.2) is 0 Å². The fourth-order valence-corrected chi connectivity index (χ4v) is 1.68. The van der Waals surface area contributed by atoms with Gasteiger partial charge >= 0.3 is 5.97 Å². The SMILES string of the molecule is CN[C@H](Cc1ccc(OC)c(O)c1Cl)C(=O)O. The van der Waals surface area contributed by atoms with Crippen LogP contribution in [0.4, 0.5) is 0 Å². The molecule has 1 atom stereocenters. The van der Waals surface area contributed by atoms with E-state index in [1.54, 1.807) is 19.2 Å². The molecular formula is C11H14ClNO4. The number of carboxylic acid groups (broad SMARTS) is 1. The van der Waals surface area contributed by atoms with Crippen molar-refractivity contribution in [3.05, 3.63) is 22.7 Å². The van der Waals surface area contributed by atoms with Crippen molar-refractivity contribution in [3.8, 4) is 11.5 Å². The van der Waals surface area contributed by atoms with Crippen molar-refractivity contribution in [2.75, 3.05) is 14.2 Å². The Hall–Kier alpha value is -1.46. The van der Waals surface area contributed by atoms with Gasteiger partial charge in [-0.05, 0) is 18.7 Å². The van der Waals surface area contributed by atoms with Crippen molar-refractivity contribution in [1.82, 2.24) is 5.32 Å². The second kappa shape index (κ2) is 5.75. The minimum Gasteiger partial charge on any atom is -0.503 e. The molecule has 0 amide bonds. The topological polar surface area (TPSA) is 78.8 Å². The molecule has 0 saturated carbocycles. The van der Waals surface area contributed by atoms with E-state index in [0.717, 1.165) is 0 Å². The molecule has 0 unspecified atom stereocenters. The highest BCUT2D eigenvalue weighted by atomic mass is 35.5. The van der Waals surface area contributed by atoms with E-state index >= 15 is 0 Å². The zero-order chi connectivity index (χ0) is 13.0. The number of likely N-dealkylation sites (N-methyl/N-ethyl adjacent to an activating group) is 1. The molecule has 5 nitrogen and oxygen atoms in total. The number of rotatable bonds is 5. The maximum Gasteiger partial charge on any atom is 0.321 e. The number of hydrogen-bond acceptors (Lipinski definition) is 4. The van der Waals surface area contributed by atoms with Gasteiger partial charge in [0.05, 0.1) is 12.1 Å². The van der Waals surface area contributed by atoms with Crippen LogP contribution in [-0.2, 0) is 11.2 Å². The molecule has 0 aliphatic rings. The molecule has 3 N–H and O–H groups in total. The molecular weight excluding hydrogens is 246 g/mol. The van der Waals surface area contributed by atoms with E-state index in [4.69, 9.17) is 21.4 Å². The smallest absolute Gasteiger partial charge is 0.321 e. The lowest BCUT2D eigenvalue weighted by Crippen LogP contribution is -2.35. The summed E-state index contributed by atoms with van der Waals surface area (Å²) in [4.78, 5) is 10.9. The number of phenolic OH excluding ortho intramolecular Hbond substituents is 1. The van der Waals surface area contributed by atoms with Gasteiger partial charge in [0, 0.05) is 6.42 Å². The van der Waals surface area contributed by atoms with E-state index in [1.807, 2.05) is 0 Å². The van der Waals surface area contributed by atoms with Crippen LogP contribution in [0.2, 0.25) is 5.02 Å². The molecule has 0 fully saturated rings. The Morgan fingerprint density at radius 2 is 2.24 bits per heavy atom. The molecule has 0 bridgehead atoms. The van der Waals surface area contributed by atoms with Crippen molar-refractivity contribution >= 4 is 17.6 Å². The summed E-state index contributed by atoms with van der Waals surface area (Å²) in [5.41, 5.74) is 0.548. The number of nitrogens with one attached hydrogen (secondary N) is 1. The third-order valence-electron chi connectivity index (χ3n) is 2.45. The molecule has 94 valence electrons. The van der Waals surface area contributed by atoms with Gasteiger partial charge in [0.15, 0.2) is 11.5 Å². The van der Waals surface area contributed by atoms with Crippen molar-refractivity contribution < 1.29 is 19.7 Å². The number of carbonyl (C=O) groups is 1. The lowest BCUT2D eigenvalue weighted by atomic mass is 10.1. The molecule has 0 aliphatic carbocycles. The Morgan fingerprint density at radius 1 is 1.59 bits per heavy atom. The lowest BCUT2D eigenvalue weighted by Gasteiger charge is -2.14. The van der Waals surface area contributed by atoms with Crippen LogP contribution < -0.4 is 10.1 Å². The maximum absolute atomic E-state index is 10.9. The summed E-state index contributed by atoms with van der Waals surface area (Å²) in [6.07, 6.45) is 0.183. The predicted octanol–water partition coefficient (Wildman–Crippen LogP) is 1.27. The molecule has 0 aromatic heterocycles. The van der Waals surface area contributed by atoms with E-state index in [2.05, 4.69) is 5.32 Å². The summed E-state index contributed by atoms with van der Waals surface area (Å²) in [7, 11) is 2.97. The molecule has 0 spiro atoms. The molecule has 1 aromatic rings. The Kier molecular flexibility index (Phi) is 4.60. The molecule has 1 rings (SSSR count). The zero-order valence-electron chi connectivity index (χ0n) is 9.53.